The molecule has 0 aliphatic heterocycles. The summed E-state index contributed by atoms with van der Waals surface area (Å²) >= 11 is 0. The minimum Gasteiger partial charge on any atom is -0.396 e. The third kappa shape index (κ3) is 2.82. The summed E-state index contributed by atoms with van der Waals surface area (Å²) < 4.78 is 0. The van der Waals surface area contributed by atoms with Crippen LogP contribution in [-0.2, 0) is 0 Å². The van der Waals surface area contributed by atoms with E-state index in [1.54, 1.807) is 0 Å². The molecule has 0 bridgehead atoms. The van der Waals surface area contributed by atoms with Gasteiger partial charge in [-0.2, -0.15) is 0 Å². The maximum absolute atomic E-state index is 8.58. The monoisotopic (exact) mass is 131 g/mol. The molecule has 3 N–H and O–H groups in total. The Morgan fingerprint density at radius 1 is 1.33 bits per heavy atom. The molecule has 2 nitrogen and oxygen atoms in total. The van der Waals surface area contributed by atoms with Gasteiger partial charge in [0, 0.05) is 12.1 Å². The van der Waals surface area contributed by atoms with Crippen molar-refractivity contribution in [2.24, 2.45) is 5.73 Å². The fraction of sp³-hybridized carbons (Fsp3) is 1.00. The van der Waals surface area contributed by atoms with Gasteiger partial charge in [0.2, 0.25) is 0 Å². The fourth-order valence-corrected chi connectivity index (χ4v) is 0.826. The molecule has 0 aliphatic carbocycles. The summed E-state index contributed by atoms with van der Waals surface area (Å²) in [7, 11) is 0. The average molecular weight is 131 g/mol. The van der Waals surface area contributed by atoms with Crippen molar-refractivity contribution in [1.29, 1.82) is 0 Å². The molecule has 9 heavy (non-hydrogen) atoms. The van der Waals surface area contributed by atoms with E-state index in [0.29, 0.717) is 0 Å². The van der Waals surface area contributed by atoms with Crippen molar-refractivity contribution in [1.82, 2.24) is 0 Å². The minimum absolute atomic E-state index is 0.116. The maximum atomic E-state index is 8.58. The van der Waals surface area contributed by atoms with Crippen LogP contribution < -0.4 is 5.73 Å². The van der Waals surface area contributed by atoms with Crippen LogP contribution in [0, 0.1) is 0 Å². The molecule has 0 saturated heterocycles. The Labute approximate surface area is 57.1 Å². The van der Waals surface area contributed by atoms with E-state index in [2.05, 4.69) is 13.8 Å². The van der Waals surface area contributed by atoms with Crippen LogP contribution in [0.2, 0.25) is 0 Å². The summed E-state index contributed by atoms with van der Waals surface area (Å²) in [5.41, 5.74) is 5.73. The van der Waals surface area contributed by atoms with Gasteiger partial charge in [0.1, 0.15) is 0 Å². The molecular weight excluding hydrogens is 114 g/mol. The highest BCUT2D eigenvalue weighted by molar-refractivity contribution is 4.79. The predicted octanol–water partition coefficient (Wildman–Crippen LogP) is 0.886. The largest absolute Gasteiger partial charge is 0.396 e. The van der Waals surface area contributed by atoms with Crippen LogP contribution in [0.15, 0.2) is 0 Å². The van der Waals surface area contributed by atoms with Gasteiger partial charge in [0.25, 0.3) is 0 Å². The predicted molar refractivity (Wildman–Crippen MR) is 39.2 cm³/mol. The molecule has 56 valence electrons. The van der Waals surface area contributed by atoms with Gasteiger partial charge in [-0.25, -0.2) is 0 Å². The van der Waals surface area contributed by atoms with Crippen LogP contribution in [0.1, 0.15) is 33.1 Å². The summed E-state index contributed by atoms with van der Waals surface area (Å²) in [6.45, 7) is 4.32. The van der Waals surface area contributed by atoms with Gasteiger partial charge < -0.3 is 10.8 Å². The number of hydrogen-bond acceptors (Lipinski definition) is 2. The Balaban J connectivity index is 3.62. The van der Waals surface area contributed by atoms with E-state index in [1.165, 1.54) is 0 Å². The standard InChI is InChI=1S/C7H17NO/c1-3-7(8,4-2)5-6-9/h9H,3-6,8H2,1-2H3. The van der Waals surface area contributed by atoms with Crippen LogP contribution in [0.4, 0.5) is 0 Å². The summed E-state index contributed by atoms with van der Waals surface area (Å²) in [4.78, 5) is 0. The Kier molecular flexibility index (Phi) is 3.82. The van der Waals surface area contributed by atoms with Crippen LogP contribution in [-0.4, -0.2) is 17.3 Å². The zero-order valence-corrected chi connectivity index (χ0v) is 6.35. The molecule has 0 fully saturated rings. The van der Waals surface area contributed by atoms with Crippen LogP contribution in [0.3, 0.4) is 0 Å². The van der Waals surface area contributed by atoms with E-state index in [0.717, 1.165) is 19.3 Å². The molecule has 2 heteroatoms. The first-order valence-electron chi connectivity index (χ1n) is 3.58. The Morgan fingerprint density at radius 3 is 1.89 bits per heavy atom. The molecule has 0 aromatic rings. The number of nitrogens with two attached hydrogens (primary N) is 1. The molecule has 0 heterocycles. The van der Waals surface area contributed by atoms with Crippen LogP contribution in [0.25, 0.3) is 0 Å². The van der Waals surface area contributed by atoms with Crippen molar-refractivity contribution in [3.05, 3.63) is 0 Å². The average Bonchev–Trinajstić information content (AvgIpc) is 1.89. The van der Waals surface area contributed by atoms with Gasteiger partial charge in [-0.1, -0.05) is 13.8 Å². The maximum Gasteiger partial charge on any atom is 0.0448 e. The van der Waals surface area contributed by atoms with E-state index < -0.39 is 0 Å². The first-order valence-corrected chi connectivity index (χ1v) is 3.58. The molecule has 0 radical (unpaired) electrons. The summed E-state index contributed by atoms with van der Waals surface area (Å²) in [6, 6.07) is 0. The molecule has 0 aliphatic rings. The van der Waals surface area contributed by atoms with Gasteiger partial charge in [0.05, 0.1) is 0 Å². The van der Waals surface area contributed by atoms with Gasteiger partial charge in [-0.3, -0.25) is 0 Å². The molecular formula is C7H17NO. The molecule has 0 aromatic heterocycles. The molecule has 0 saturated carbocycles. The van der Waals surface area contributed by atoms with Gasteiger partial charge in [-0.15, -0.1) is 0 Å². The van der Waals surface area contributed by atoms with E-state index >= 15 is 0 Å². The molecule has 0 atom stereocenters. The number of rotatable bonds is 4. The van der Waals surface area contributed by atoms with E-state index in [4.69, 9.17) is 10.8 Å². The number of hydrogen-bond donors (Lipinski definition) is 2. The van der Waals surface area contributed by atoms with E-state index in [9.17, 15) is 0 Å². The van der Waals surface area contributed by atoms with Gasteiger partial charge >= 0.3 is 0 Å². The zero-order valence-electron chi connectivity index (χ0n) is 6.35. The Hall–Kier alpha value is -0.0800. The molecule has 0 rings (SSSR count). The second-order valence-electron chi connectivity index (χ2n) is 2.54. The number of aliphatic hydroxyl groups is 1. The highest BCUT2D eigenvalue weighted by Gasteiger charge is 2.18. The lowest BCUT2D eigenvalue weighted by molar-refractivity contribution is 0.230. The lowest BCUT2D eigenvalue weighted by atomic mass is 9.91. The quantitative estimate of drug-likeness (QED) is 0.595. The smallest absolute Gasteiger partial charge is 0.0448 e. The molecule has 0 amide bonds. The second-order valence-corrected chi connectivity index (χ2v) is 2.54. The van der Waals surface area contributed by atoms with Crippen molar-refractivity contribution in [3.8, 4) is 0 Å². The van der Waals surface area contributed by atoms with Crippen LogP contribution in [0.5, 0.6) is 0 Å². The molecule has 0 unspecified atom stereocenters. The van der Waals surface area contributed by atoms with E-state index in [1.807, 2.05) is 0 Å². The zero-order chi connectivity index (χ0) is 7.33. The minimum atomic E-state index is -0.116. The third-order valence-electron chi connectivity index (χ3n) is 2.02. The van der Waals surface area contributed by atoms with Crippen molar-refractivity contribution in [2.45, 2.75) is 38.6 Å². The molecule has 0 spiro atoms. The molecule has 0 aromatic carbocycles. The van der Waals surface area contributed by atoms with Gasteiger partial charge in [0.15, 0.2) is 0 Å². The Bertz CT molecular complexity index is 69.3. The second kappa shape index (κ2) is 3.85. The fourth-order valence-electron chi connectivity index (χ4n) is 0.826. The topological polar surface area (TPSA) is 46.2 Å². The highest BCUT2D eigenvalue weighted by Crippen LogP contribution is 2.14. The summed E-state index contributed by atoms with van der Waals surface area (Å²) in [6.07, 6.45) is 2.62. The third-order valence-corrected chi connectivity index (χ3v) is 2.02. The normalized spacial score (nSPS) is 12.0. The van der Waals surface area contributed by atoms with Crippen molar-refractivity contribution < 1.29 is 5.11 Å². The lowest BCUT2D eigenvalue weighted by Crippen LogP contribution is -2.39. The first-order chi connectivity index (χ1) is 4.18. The summed E-state index contributed by atoms with van der Waals surface area (Å²) in [5.74, 6) is 0. The number of aliphatic hydroxyl groups excluding tert-OH is 1. The van der Waals surface area contributed by atoms with Gasteiger partial charge in [-0.05, 0) is 19.3 Å². The van der Waals surface area contributed by atoms with E-state index in [-0.39, 0.29) is 12.1 Å². The lowest BCUT2D eigenvalue weighted by Gasteiger charge is -2.25. The SMILES string of the molecule is CCC(N)(CC)CCO. The highest BCUT2D eigenvalue weighted by atomic mass is 16.3. The summed E-state index contributed by atoms with van der Waals surface area (Å²) in [5, 5.41) is 8.58. The Morgan fingerprint density at radius 2 is 1.78 bits per heavy atom. The first kappa shape index (κ1) is 8.92. The van der Waals surface area contributed by atoms with Crippen molar-refractivity contribution >= 4 is 0 Å². The van der Waals surface area contributed by atoms with Crippen molar-refractivity contribution in [3.63, 3.8) is 0 Å². The van der Waals surface area contributed by atoms with Crippen LogP contribution >= 0.6 is 0 Å². The van der Waals surface area contributed by atoms with Crippen molar-refractivity contribution in [2.75, 3.05) is 6.61 Å².